The Bertz CT molecular complexity index is 1120. The largest absolute Gasteiger partial charge is 0.474 e. The molecular weight excluding hydrogens is 368 g/mol. The predicted octanol–water partition coefficient (Wildman–Crippen LogP) is 4.93. The molecule has 2 aromatic carbocycles. The van der Waals surface area contributed by atoms with Crippen molar-refractivity contribution in [2.45, 2.75) is 40.0 Å². The van der Waals surface area contributed by atoms with Crippen molar-refractivity contribution in [3.63, 3.8) is 0 Å². The molecule has 0 fully saturated rings. The monoisotopic (exact) mass is 394 g/mol. The first kappa shape index (κ1) is 20.6. The summed E-state index contributed by atoms with van der Waals surface area (Å²) in [5, 5.41) is 0.419. The zero-order valence-electron chi connectivity index (χ0n) is 17.7. The minimum Gasteiger partial charge on any atom is -0.474 e. The number of carbonyl (C=O) groups is 1. The first-order valence-corrected chi connectivity index (χ1v) is 9.50. The average Bonchev–Trinajstić information content (AvgIpc) is 2.68. The summed E-state index contributed by atoms with van der Waals surface area (Å²) in [6.45, 7) is 9.93. The molecule has 0 bridgehead atoms. The van der Waals surface area contributed by atoms with Gasteiger partial charge in [-0.25, -0.2) is 4.79 Å². The van der Waals surface area contributed by atoms with E-state index >= 15 is 0 Å². The molecule has 0 unspecified atom stereocenters. The van der Waals surface area contributed by atoms with Crippen molar-refractivity contribution in [1.82, 2.24) is 0 Å². The molecule has 0 aliphatic rings. The summed E-state index contributed by atoms with van der Waals surface area (Å²) in [6, 6.07) is 11.4. The molecule has 1 heterocycles. The van der Waals surface area contributed by atoms with Gasteiger partial charge in [0.2, 0.25) is 11.2 Å². The van der Waals surface area contributed by atoms with Gasteiger partial charge in [-0.05, 0) is 48.1 Å². The summed E-state index contributed by atoms with van der Waals surface area (Å²) in [5.41, 5.74) is 4.04. The van der Waals surface area contributed by atoms with Gasteiger partial charge in [-0.15, -0.1) is 0 Å². The molecule has 0 saturated heterocycles. The van der Waals surface area contributed by atoms with Gasteiger partial charge in [0.05, 0.1) is 12.5 Å². The second kappa shape index (κ2) is 7.74. The molecule has 0 amide bonds. The maximum absolute atomic E-state index is 13.2. The Kier molecular flexibility index (Phi) is 5.51. The maximum Gasteiger partial charge on any atom is 0.343 e. The Hall–Kier alpha value is -3.08. The highest BCUT2D eigenvalue weighted by atomic mass is 16.6. The van der Waals surface area contributed by atoms with Crippen molar-refractivity contribution in [3.8, 4) is 17.1 Å². The molecule has 0 aliphatic heterocycles. The lowest BCUT2D eigenvalue weighted by Gasteiger charge is -2.19. The molecule has 0 aliphatic carbocycles. The van der Waals surface area contributed by atoms with Crippen LogP contribution < -0.4 is 10.2 Å². The van der Waals surface area contributed by atoms with Crippen LogP contribution in [0.3, 0.4) is 0 Å². The van der Waals surface area contributed by atoms with Crippen LogP contribution in [-0.4, -0.2) is 19.7 Å². The Morgan fingerprint density at radius 1 is 1.03 bits per heavy atom. The first-order chi connectivity index (χ1) is 13.6. The molecule has 0 radical (unpaired) electrons. The van der Waals surface area contributed by atoms with E-state index in [-0.39, 0.29) is 23.2 Å². The Morgan fingerprint density at radius 3 is 2.24 bits per heavy atom. The Labute approximate surface area is 170 Å². The molecule has 0 atom stereocenters. The lowest BCUT2D eigenvalue weighted by molar-refractivity contribution is -0.142. The van der Waals surface area contributed by atoms with Gasteiger partial charge in [-0.3, -0.25) is 4.79 Å². The quantitative estimate of drug-likeness (QED) is 0.587. The van der Waals surface area contributed by atoms with Crippen molar-refractivity contribution >= 4 is 16.9 Å². The molecule has 0 spiro atoms. The summed E-state index contributed by atoms with van der Waals surface area (Å²) in [5.74, 6) is -0.261. The van der Waals surface area contributed by atoms with E-state index in [9.17, 15) is 9.59 Å². The van der Waals surface area contributed by atoms with Gasteiger partial charge < -0.3 is 13.9 Å². The van der Waals surface area contributed by atoms with Crippen LogP contribution in [0.15, 0.2) is 45.6 Å². The number of ether oxygens (including phenoxy) is 2. The van der Waals surface area contributed by atoms with Crippen LogP contribution in [0, 0.1) is 13.8 Å². The van der Waals surface area contributed by atoms with E-state index in [1.54, 1.807) is 6.07 Å². The molecule has 0 N–H and O–H groups in total. The zero-order chi connectivity index (χ0) is 21.3. The van der Waals surface area contributed by atoms with E-state index in [0.29, 0.717) is 22.3 Å². The van der Waals surface area contributed by atoms with E-state index < -0.39 is 5.97 Å². The number of benzene rings is 2. The van der Waals surface area contributed by atoms with E-state index in [1.807, 2.05) is 44.2 Å². The number of fused-ring (bicyclic) bond motifs is 1. The van der Waals surface area contributed by atoms with Crippen LogP contribution in [0.25, 0.3) is 22.3 Å². The number of esters is 1. The molecule has 5 heteroatoms. The maximum atomic E-state index is 13.2. The summed E-state index contributed by atoms with van der Waals surface area (Å²) < 4.78 is 16.3. The second-order valence-corrected chi connectivity index (χ2v) is 8.21. The van der Waals surface area contributed by atoms with Crippen LogP contribution in [-0.2, 0) is 14.9 Å². The number of methoxy groups -OCH3 is 1. The summed E-state index contributed by atoms with van der Waals surface area (Å²) in [6.07, 6.45) is 0. The third-order valence-corrected chi connectivity index (χ3v) is 5.04. The average molecular weight is 394 g/mol. The number of rotatable bonds is 4. The van der Waals surface area contributed by atoms with Gasteiger partial charge in [0.1, 0.15) is 5.58 Å². The van der Waals surface area contributed by atoms with Gasteiger partial charge in [-0.1, -0.05) is 45.0 Å². The van der Waals surface area contributed by atoms with Crippen LogP contribution >= 0.6 is 0 Å². The van der Waals surface area contributed by atoms with Crippen molar-refractivity contribution < 1.29 is 18.7 Å². The first-order valence-electron chi connectivity index (χ1n) is 9.50. The van der Waals surface area contributed by atoms with Crippen LogP contribution in [0.1, 0.15) is 37.5 Å². The van der Waals surface area contributed by atoms with E-state index in [1.165, 1.54) is 7.11 Å². The van der Waals surface area contributed by atoms with Gasteiger partial charge in [-0.2, -0.15) is 0 Å². The standard InChI is InChI=1S/C24H26O5/c1-14-11-18-19(12-15(14)2)29-22(23(21(18)26)28-13-20(25)27-6)16-7-9-17(10-8-16)24(3,4)5/h7-12H,13H2,1-6H3. The fraction of sp³-hybridized carbons (Fsp3) is 0.333. The normalized spacial score (nSPS) is 11.5. The van der Waals surface area contributed by atoms with E-state index in [0.717, 1.165) is 16.7 Å². The van der Waals surface area contributed by atoms with Gasteiger partial charge in [0.25, 0.3) is 0 Å². The molecule has 3 aromatic rings. The highest BCUT2D eigenvalue weighted by Gasteiger charge is 2.21. The van der Waals surface area contributed by atoms with Crippen LogP contribution in [0.4, 0.5) is 0 Å². The lowest BCUT2D eigenvalue weighted by atomic mass is 9.86. The molecule has 29 heavy (non-hydrogen) atoms. The Morgan fingerprint density at radius 2 is 1.66 bits per heavy atom. The molecule has 5 nitrogen and oxygen atoms in total. The van der Waals surface area contributed by atoms with E-state index in [4.69, 9.17) is 9.15 Å². The summed E-state index contributed by atoms with van der Waals surface area (Å²) in [4.78, 5) is 24.8. The molecule has 3 rings (SSSR count). The number of carbonyl (C=O) groups excluding carboxylic acids is 1. The van der Waals surface area contributed by atoms with Crippen molar-refractivity contribution in [1.29, 1.82) is 0 Å². The summed E-state index contributed by atoms with van der Waals surface area (Å²) in [7, 11) is 1.27. The van der Waals surface area contributed by atoms with Gasteiger partial charge in [0, 0.05) is 5.56 Å². The van der Waals surface area contributed by atoms with Gasteiger partial charge in [0.15, 0.2) is 12.4 Å². The zero-order valence-corrected chi connectivity index (χ0v) is 17.7. The fourth-order valence-corrected chi connectivity index (χ4v) is 3.07. The molecule has 152 valence electrons. The highest BCUT2D eigenvalue weighted by molar-refractivity contribution is 5.83. The highest BCUT2D eigenvalue weighted by Crippen LogP contribution is 2.33. The number of aryl methyl sites for hydroxylation is 2. The smallest absolute Gasteiger partial charge is 0.343 e. The van der Waals surface area contributed by atoms with Crippen molar-refractivity contribution in [2.24, 2.45) is 0 Å². The second-order valence-electron chi connectivity index (χ2n) is 8.21. The molecular formula is C24H26O5. The molecule has 0 saturated carbocycles. The predicted molar refractivity (Wildman–Crippen MR) is 114 cm³/mol. The van der Waals surface area contributed by atoms with Crippen LogP contribution in [0.2, 0.25) is 0 Å². The third-order valence-electron chi connectivity index (χ3n) is 5.04. The lowest BCUT2D eigenvalue weighted by Crippen LogP contribution is -2.18. The number of hydrogen-bond donors (Lipinski definition) is 0. The van der Waals surface area contributed by atoms with Crippen LogP contribution in [0.5, 0.6) is 5.75 Å². The topological polar surface area (TPSA) is 65.7 Å². The summed E-state index contributed by atoms with van der Waals surface area (Å²) >= 11 is 0. The number of hydrogen-bond acceptors (Lipinski definition) is 5. The van der Waals surface area contributed by atoms with Crippen molar-refractivity contribution in [2.75, 3.05) is 13.7 Å². The fourth-order valence-electron chi connectivity index (χ4n) is 3.07. The van der Waals surface area contributed by atoms with Gasteiger partial charge >= 0.3 is 5.97 Å². The third kappa shape index (κ3) is 4.19. The van der Waals surface area contributed by atoms with E-state index in [2.05, 4.69) is 25.5 Å². The molecule has 1 aromatic heterocycles. The Balaban J connectivity index is 2.21. The SMILES string of the molecule is COC(=O)COc1c(-c2ccc(C(C)(C)C)cc2)oc2cc(C)c(C)cc2c1=O. The minimum absolute atomic E-state index is 0.00159. The van der Waals surface area contributed by atoms with Crippen molar-refractivity contribution in [3.05, 3.63) is 63.3 Å². The minimum atomic E-state index is -0.571.